The first-order valence-corrected chi connectivity index (χ1v) is 8.65. The van der Waals surface area contributed by atoms with E-state index < -0.39 is 0 Å². The predicted molar refractivity (Wildman–Crippen MR) is 92.8 cm³/mol. The maximum absolute atomic E-state index is 12.5. The van der Waals surface area contributed by atoms with Gasteiger partial charge in [-0.1, -0.05) is 17.7 Å². The molecule has 24 heavy (non-hydrogen) atoms. The van der Waals surface area contributed by atoms with Crippen molar-refractivity contribution in [3.05, 3.63) is 47.5 Å². The number of aromatic nitrogens is 3. The second kappa shape index (κ2) is 8.26. The molecule has 1 amide bonds. The molecule has 0 radical (unpaired) electrons. The smallest absolute Gasteiger partial charge is 0.227 e. The third-order valence-electron chi connectivity index (χ3n) is 4.27. The fourth-order valence-electron chi connectivity index (χ4n) is 2.94. The van der Waals surface area contributed by atoms with Crippen LogP contribution in [-0.4, -0.2) is 63.2 Å². The van der Waals surface area contributed by atoms with E-state index in [9.17, 15) is 4.79 Å². The van der Waals surface area contributed by atoms with Crippen molar-refractivity contribution in [2.75, 3.05) is 32.7 Å². The minimum absolute atomic E-state index is 0.184. The Morgan fingerprint density at radius 1 is 1.17 bits per heavy atom. The Morgan fingerprint density at radius 3 is 2.83 bits per heavy atom. The number of nitrogens with zero attached hydrogens (tertiary/aromatic N) is 5. The van der Waals surface area contributed by atoms with Crippen LogP contribution < -0.4 is 0 Å². The van der Waals surface area contributed by atoms with Gasteiger partial charge < -0.3 is 4.90 Å². The number of carbonyl (C=O) groups excluding carboxylic acids is 1. The molecule has 1 aliphatic heterocycles. The molecule has 0 atom stereocenters. The van der Waals surface area contributed by atoms with E-state index in [4.69, 9.17) is 11.6 Å². The number of pyridine rings is 1. The van der Waals surface area contributed by atoms with Crippen molar-refractivity contribution in [2.24, 2.45) is 0 Å². The van der Waals surface area contributed by atoms with Crippen LogP contribution in [0.1, 0.15) is 12.0 Å². The van der Waals surface area contributed by atoms with Crippen LogP contribution in [0.15, 0.2) is 36.9 Å². The summed E-state index contributed by atoms with van der Waals surface area (Å²) in [5.74, 6) is 0.184. The van der Waals surface area contributed by atoms with Crippen molar-refractivity contribution in [3.63, 3.8) is 0 Å². The number of hydrogen-bond acceptors (Lipinski definition) is 4. The highest BCUT2D eigenvalue weighted by atomic mass is 35.5. The van der Waals surface area contributed by atoms with Gasteiger partial charge in [-0.25, -0.2) is 0 Å². The van der Waals surface area contributed by atoms with Crippen molar-refractivity contribution in [2.45, 2.75) is 19.4 Å². The second-order valence-corrected chi connectivity index (χ2v) is 6.47. The molecular formula is C17H22ClN5O. The van der Waals surface area contributed by atoms with E-state index in [2.05, 4.69) is 15.0 Å². The lowest BCUT2D eigenvalue weighted by Crippen LogP contribution is -2.36. The summed E-state index contributed by atoms with van der Waals surface area (Å²) in [4.78, 5) is 20.9. The van der Waals surface area contributed by atoms with Gasteiger partial charge >= 0.3 is 0 Å². The summed E-state index contributed by atoms with van der Waals surface area (Å²) in [6.45, 7) is 5.24. The van der Waals surface area contributed by atoms with Crippen LogP contribution in [0.3, 0.4) is 0 Å². The van der Waals surface area contributed by atoms with Crippen LogP contribution in [0.4, 0.5) is 0 Å². The highest BCUT2D eigenvalue weighted by molar-refractivity contribution is 6.30. The van der Waals surface area contributed by atoms with Crippen LogP contribution in [0, 0.1) is 0 Å². The largest absolute Gasteiger partial charge is 0.341 e. The summed E-state index contributed by atoms with van der Waals surface area (Å²) >= 11 is 5.88. The maximum Gasteiger partial charge on any atom is 0.227 e. The van der Waals surface area contributed by atoms with Crippen LogP contribution in [0.2, 0.25) is 5.02 Å². The van der Waals surface area contributed by atoms with Crippen molar-refractivity contribution < 1.29 is 4.79 Å². The summed E-state index contributed by atoms with van der Waals surface area (Å²) in [5.41, 5.74) is 0.971. The summed E-state index contributed by atoms with van der Waals surface area (Å²) in [5, 5.41) is 4.87. The number of hydrogen-bond donors (Lipinski definition) is 0. The lowest BCUT2D eigenvalue weighted by atomic mass is 10.2. The number of amides is 1. The van der Waals surface area contributed by atoms with E-state index in [1.165, 1.54) is 0 Å². The van der Waals surface area contributed by atoms with Gasteiger partial charge in [0.05, 0.1) is 24.2 Å². The Balaban J connectivity index is 1.46. The molecule has 6 nitrogen and oxygen atoms in total. The molecule has 0 bridgehead atoms. The molecule has 7 heteroatoms. The van der Waals surface area contributed by atoms with Gasteiger partial charge in [-0.15, -0.1) is 0 Å². The quantitative estimate of drug-likeness (QED) is 0.826. The second-order valence-electron chi connectivity index (χ2n) is 6.04. The predicted octanol–water partition coefficient (Wildman–Crippen LogP) is 1.71. The van der Waals surface area contributed by atoms with Crippen molar-refractivity contribution in [1.29, 1.82) is 0 Å². The first-order valence-electron chi connectivity index (χ1n) is 8.28. The zero-order valence-corrected chi connectivity index (χ0v) is 14.4. The lowest BCUT2D eigenvalue weighted by Gasteiger charge is -2.22. The van der Waals surface area contributed by atoms with Gasteiger partial charge in [0.15, 0.2) is 0 Å². The molecule has 0 N–H and O–H groups in total. The van der Waals surface area contributed by atoms with Gasteiger partial charge in [-0.2, -0.15) is 5.10 Å². The zero-order chi connectivity index (χ0) is 16.8. The number of halogens is 1. The molecule has 2 aromatic rings. The third kappa shape index (κ3) is 4.79. The number of rotatable bonds is 5. The Bertz CT molecular complexity index is 660. The van der Waals surface area contributed by atoms with Crippen LogP contribution in [0.25, 0.3) is 0 Å². The molecular weight excluding hydrogens is 326 g/mol. The first-order chi connectivity index (χ1) is 11.7. The summed E-state index contributed by atoms with van der Waals surface area (Å²) in [6.07, 6.45) is 8.41. The maximum atomic E-state index is 12.5. The molecule has 1 fully saturated rings. The zero-order valence-electron chi connectivity index (χ0n) is 13.6. The Morgan fingerprint density at radius 2 is 2.08 bits per heavy atom. The molecule has 0 aliphatic carbocycles. The van der Waals surface area contributed by atoms with Gasteiger partial charge in [0.25, 0.3) is 0 Å². The van der Waals surface area contributed by atoms with E-state index in [-0.39, 0.29) is 5.91 Å². The Kier molecular flexibility index (Phi) is 5.82. The number of carbonyl (C=O) groups is 1. The van der Waals surface area contributed by atoms with Crippen LogP contribution in [0.5, 0.6) is 0 Å². The van der Waals surface area contributed by atoms with Gasteiger partial charge in [0, 0.05) is 44.8 Å². The lowest BCUT2D eigenvalue weighted by molar-refractivity contribution is -0.130. The Labute approximate surface area is 147 Å². The molecule has 0 aromatic carbocycles. The van der Waals surface area contributed by atoms with Gasteiger partial charge in [-0.05, 0) is 24.6 Å². The topological polar surface area (TPSA) is 54.3 Å². The molecule has 3 heterocycles. The molecule has 2 aromatic heterocycles. The van der Waals surface area contributed by atoms with E-state index in [1.807, 2.05) is 27.9 Å². The third-order valence-corrected chi connectivity index (χ3v) is 4.46. The molecule has 3 rings (SSSR count). The molecule has 0 saturated carbocycles. The van der Waals surface area contributed by atoms with E-state index >= 15 is 0 Å². The van der Waals surface area contributed by atoms with Gasteiger partial charge in [0.2, 0.25) is 5.91 Å². The van der Waals surface area contributed by atoms with E-state index in [0.717, 1.165) is 51.3 Å². The fraction of sp³-hybridized carbons (Fsp3) is 0.471. The van der Waals surface area contributed by atoms with Crippen molar-refractivity contribution in [1.82, 2.24) is 24.6 Å². The summed E-state index contributed by atoms with van der Waals surface area (Å²) in [7, 11) is 0. The standard InChI is InChI=1S/C17H22ClN5O/c18-16-13-20-23(14-16)10-8-21-5-2-6-22(9-7-21)17(24)11-15-3-1-4-19-12-15/h1,3-4,12-14H,2,5-11H2. The summed E-state index contributed by atoms with van der Waals surface area (Å²) < 4.78 is 1.86. The Hall–Kier alpha value is -1.92. The van der Waals surface area contributed by atoms with Crippen molar-refractivity contribution in [3.8, 4) is 0 Å². The van der Waals surface area contributed by atoms with Crippen LogP contribution in [-0.2, 0) is 17.8 Å². The minimum Gasteiger partial charge on any atom is -0.341 e. The minimum atomic E-state index is 0.184. The average molecular weight is 348 g/mol. The molecule has 1 aliphatic rings. The molecule has 128 valence electrons. The van der Waals surface area contributed by atoms with Crippen molar-refractivity contribution >= 4 is 17.5 Å². The molecule has 0 spiro atoms. The molecule has 1 saturated heterocycles. The average Bonchev–Trinajstić information content (AvgIpc) is 2.86. The summed E-state index contributed by atoms with van der Waals surface area (Å²) in [6, 6.07) is 3.82. The monoisotopic (exact) mass is 347 g/mol. The highest BCUT2D eigenvalue weighted by Gasteiger charge is 2.19. The van der Waals surface area contributed by atoms with Gasteiger partial charge in [0.1, 0.15) is 0 Å². The first kappa shape index (κ1) is 16.9. The van der Waals surface area contributed by atoms with E-state index in [1.54, 1.807) is 18.6 Å². The van der Waals surface area contributed by atoms with Gasteiger partial charge in [-0.3, -0.25) is 19.4 Å². The fourth-order valence-corrected chi connectivity index (χ4v) is 3.09. The van der Waals surface area contributed by atoms with E-state index in [0.29, 0.717) is 11.4 Å². The normalized spacial score (nSPS) is 16.1. The SMILES string of the molecule is O=C(Cc1cccnc1)N1CCCN(CCn2cc(Cl)cn2)CC1. The molecule has 0 unspecified atom stereocenters. The van der Waals surface area contributed by atoms with Crippen LogP contribution >= 0.6 is 11.6 Å². The highest BCUT2D eigenvalue weighted by Crippen LogP contribution is 2.08.